The average Bonchev–Trinajstić information content (AvgIpc) is 2.66. The Hall–Kier alpha value is -1.68. The van der Waals surface area contributed by atoms with Crippen LogP contribution in [0.15, 0.2) is 36.8 Å². The van der Waals surface area contributed by atoms with Gasteiger partial charge in [-0.25, -0.2) is 9.37 Å². The third kappa shape index (κ3) is 2.46. The molecule has 4 heteroatoms. The van der Waals surface area contributed by atoms with Crippen LogP contribution in [0.1, 0.15) is 11.3 Å². The minimum atomic E-state index is -0.210. The zero-order valence-electron chi connectivity index (χ0n) is 8.94. The smallest absolute Gasteiger partial charge is 0.123 e. The van der Waals surface area contributed by atoms with Crippen LogP contribution in [0.3, 0.4) is 0 Å². The van der Waals surface area contributed by atoms with Gasteiger partial charge >= 0.3 is 0 Å². The lowest BCUT2D eigenvalue weighted by atomic mass is 10.2. The lowest BCUT2D eigenvalue weighted by Gasteiger charge is -2.07. The van der Waals surface area contributed by atoms with E-state index in [1.165, 1.54) is 12.1 Å². The van der Waals surface area contributed by atoms with Crippen LogP contribution in [0.5, 0.6) is 0 Å². The number of nitrogens with zero attached hydrogens (tertiary/aromatic N) is 2. The quantitative estimate of drug-likeness (QED) is 0.848. The monoisotopic (exact) mass is 219 g/mol. The molecule has 84 valence electrons. The Morgan fingerprint density at radius 1 is 1.38 bits per heavy atom. The van der Waals surface area contributed by atoms with Gasteiger partial charge in [0.15, 0.2) is 0 Å². The number of halogens is 1. The molecule has 0 aliphatic heterocycles. The number of hydrogen-bond acceptors (Lipinski definition) is 2. The zero-order chi connectivity index (χ0) is 11.4. The molecular weight excluding hydrogens is 205 g/mol. The molecular formula is C12H14FN3. The number of aromatic nitrogens is 2. The van der Waals surface area contributed by atoms with E-state index in [9.17, 15) is 4.39 Å². The van der Waals surface area contributed by atoms with Crippen molar-refractivity contribution in [2.45, 2.75) is 13.0 Å². The fourth-order valence-electron chi connectivity index (χ4n) is 1.68. The topological polar surface area (TPSA) is 43.8 Å². The van der Waals surface area contributed by atoms with E-state index in [-0.39, 0.29) is 5.82 Å². The summed E-state index contributed by atoms with van der Waals surface area (Å²) in [5.41, 5.74) is 7.51. The third-order valence-electron chi connectivity index (χ3n) is 2.44. The van der Waals surface area contributed by atoms with E-state index in [0.29, 0.717) is 13.1 Å². The van der Waals surface area contributed by atoms with E-state index < -0.39 is 0 Å². The molecule has 2 aromatic rings. The molecule has 1 heterocycles. The molecule has 0 spiro atoms. The largest absolute Gasteiger partial charge is 0.330 e. The van der Waals surface area contributed by atoms with Gasteiger partial charge in [0.1, 0.15) is 5.82 Å². The molecule has 2 rings (SSSR count). The van der Waals surface area contributed by atoms with Gasteiger partial charge in [-0.3, -0.25) is 0 Å². The first-order valence-corrected chi connectivity index (χ1v) is 5.23. The highest BCUT2D eigenvalue weighted by molar-refractivity contribution is 5.17. The van der Waals surface area contributed by atoms with Gasteiger partial charge in [-0.1, -0.05) is 12.1 Å². The Labute approximate surface area is 93.7 Å². The number of benzene rings is 1. The van der Waals surface area contributed by atoms with Crippen LogP contribution in [-0.4, -0.2) is 16.1 Å². The molecule has 0 saturated carbocycles. The van der Waals surface area contributed by atoms with Gasteiger partial charge in [0.2, 0.25) is 0 Å². The summed E-state index contributed by atoms with van der Waals surface area (Å²) in [5, 5.41) is 0. The first-order chi connectivity index (χ1) is 7.79. The predicted molar refractivity (Wildman–Crippen MR) is 60.5 cm³/mol. The molecule has 0 unspecified atom stereocenters. The van der Waals surface area contributed by atoms with Crippen LogP contribution in [-0.2, 0) is 13.0 Å². The second-order valence-corrected chi connectivity index (χ2v) is 3.68. The van der Waals surface area contributed by atoms with Crippen molar-refractivity contribution in [3.8, 4) is 0 Å². The summed E-state index contributed by atoms with van der Waals surface area (Å²) in [6.45, 7) is 1.22. The summed E-state index contributed by atoms with van der Waals surface area (Å²) < 4.78 is 15.0. The molecule has 16 heavy (non-hydrogen) atoms. The highest BCUT2D eigenvalue weighted by atomic mass is 19.1. The highest BCUT2D eigenvalue weighted by Gasteiger charge is 2.02. The number of rotatable bonds is 4. The van der Waals surface area contributed by atoms with Crippen LogP contribution in [0.2, 0.25) is 0 Å². The van der Waals surface area contributed by atoms with Crippen LogP contribution in [0.4, 0.5) is 4.39 Å². The van der Waals surface area contributed by atoms with Gasteiger partial charge < -0.3 is 10.3 Å². The van der Waals surface area contributed by atoms with E-state index in [1.807, 2.05) is 10.6 Å². The summed E-state index contributed by atoms with van der Waals surface area (Å²) in [4.78, 5) is 4.07. The molecule has 1 aromatic carbocycles. The first-order valence-electron chi connectivity index (χ1n) is 5.23. The SMILES string of the molecule is NCCc1cncn1Cc1cccc(F)c1. The summed E-state index contributed by atoms with van der Waals surface area (Å²) in [6.07, 6.45) is 4.33. The summed E-state index contributed by atoms with van der Waals surface area (Å²) >= 11 is 0. The second kappa shape index (κ2) is 4.90. The second-order valence-electron chi connectivity index (χ2n) is 3.68. The van der Waals surface area contributed by atoms with E-state index >= 15 is 0 Å². The number of nitrogens with two attached hydrogens (primary N) is 1. The molecule has 1 aromatic heterocycles. The van der Waals surface area contributed by atoms with Gasteiger partial charge in [-0.2, -0.15) is 0 Å². The summed E-state index contributed by atoms with van der Waals surface area (Å²) in [6, 6.07) is 6.59. The van der Waals surface area contributed by atoms with Gasteiger partial charge in [0, 0.05) is 24.9 Å². The fourth-order valence-corrected chi connectivity index (χ4v) is 1.68. The Morgan fingerprint density at radius 3 is 3.00 bits per heavy atom. The first kappa shape index (κ1) is 10.8. The van der Waals surface area contributed by atoms with Crippen molar-refractivity contribution in [2.24, 2.45) is 5.73 Å². The minimum Gasteiger partial charge on any atom is -0.330 e. The molecule has 2 N–H and O–H groups in total. The fraction of sp³-hybridized carbons (Fsp3) is 0.250. The van der Waals surface area contributed by atoms with Crippen molar-refractivity contribution in [1.29, 1.82) is 0 Å². The standard InChI is InChI=1S/C12H14FN3/c13-11-3-1-2-10(6-11)8-16-9-15-7-12(16)4-5-14/h1-3,6-7,9H,4-5,8,14H2. The third-order valence-corrected chi connectivity index (χ3v) is 2.44. The van der Waals surface area contributed by atoms with Crippen LogP contribution in [0.25, 0.3) is 0 Å². The molecule has 0 aliphatic carbocycles. The maximum absolute atomic E-state index is 13.0. The lowest BCUT2D eigenvalue weighted by molar-refractivity contribution is 0.622. The number of imidazole rings is 1. The highest BCUT2D eigenvalue weighted by Crippen LogP contribution is 2.08. The van der Waals surface area contributed by atoms with Gasteiger partial charge in [-0.15, -0.1) is 0 Å². The van der Waals surface area contributed by atoms with Crippen molar-refractivity contribution in [3.63, 3.8) is 0 Å². The van der Waals surface area contributed by atoms with Crippen LogP contribution >= 0.6 is 0 Å². The summed E-state index contributed by atoms with van der Waals surface area (Å²) in [5.74, 6) is -0.210. The van der Waals surface area contributed by atoms with Crippen LogP contribution in [0, 0.1) is 5.82 Å². The maximum Gasteiger partial charge on any atom is 0.123 e. The van der Waals surface area contributed by atoms with Gasteiger partial charge in [0.25, 0.3) is 0 Å². The van der Waals surface area contributed by atoms with E-state index in [0.717, 1.165) is 17.7 Å². The minimum absolute atomic E-state index is 0.210. The molecule has 0 fully saturated rings. The Morgan fingerprint density at radius 2 is 2.25 bits per heavy atom. The number of hydrogen-bond donors (Lipinski definition) is 1. The van der Waals surface area contributed by atoms with E-state index in [1.54, 1.807) is 18.6 Å². The Balaban J connectivity index is 2.17. The normalized spacial score (nSPS) is 10.6. The molecule has 0 saturated heterocycles. The molecule has 0 atom stereocenters. The van der Waals surface area contributed by atoms with Crippen molar-refractivity contribution in [3.05, 3.63) is 53.9 Å². The molecule has 0 radical (unpaired) electrons. The van der Waals surface area contributed by atoms with Crippen molar-refractivity contribution >= 4 is 0 Å². The van der Waals surface area contributed by atoms with Crippen LogP contribution < -0.4 is 5.73 Å². The van der Waals surface area contributed by atoms with Crippen molar-refractivity contribution < 1.29 is 4.39 Å². The molecule has 0 aliphatic rings. The Kier molecular flexibility index (Phi) is 3.31. The Bertz CT molecular complexity index is 465. The van der Waals surface area contributed by atoms with Crippen molar-refractivity contribution in [2.75, 3.05) is 6.54 Å². The van der Waals surface area contributed by atoms with E-state index in [2.05, 4.69) is 4.98 Å². The molecule has 0 amide bonds. The van der Waals surface area contributed by atoms with Gasteiger partial charge in [-0.05, 0) is 24.2 Å². The zero-order valence-corrected chi connectivity index (χ0v) is 8.94. The lowest BCUT2D eigenvalue weighted by Crippen LogP contribution is -2.09. The summed E-state index contributed by atoms with van der Waals surface area (Å²) in [7, 11) is 0. The predicted octanol–water partition coefficient (Wildman–Crippen LogP) is 1.57. The van der Waals surface area contributed by atoms with E-state index in [4.69, 9.17) is 5.73 Å². The average molecular weight is 219 g/mol. The molecule has 3 nitrogen and oxygen atoms in total. The van der Waals surface area contributed by atoms with Gasteiger partial charge in [0.05, 0.1) is 6.33 Å². The maximum atomic E-state index is 13.0. The van der Waals surface area contributed by atoms with Crippen molar-refractivity contribution in [1.82, 2.24) is 9.55 Å². The molecule has 0 bridgehead atoms.